The summed E-state index contributed by atoms with van der Waals surface area (Å²) >= 11 is 0. The minimum Gasteiger partial charge on any atom is -0.497 e. The average molecular weight is 360 g/mol. The quantitative estimate of drug-likeness (QED) is 0.695. The second kappa shape index (κ2) is 7.31. The van der Waals surface area contributed by atoms with Crippen molar-refractivity contribution < 1.29 is 9.53 Å². The molecule has 0 saturated carbocycles. The maximum absolute atomic E-state index is 13.4. The van der Waals surface area contributed by atoms with Gasteiger partial charge in [-0.25, -0.2) is 0 Å². The first-order valence-electron chi connectivity index (χ1n) is 9.40. The summed E-state index contributed by atoms with van der Waals surface area (Å²) in [6.07, 6.45) is 3.05. The molecule has 2 heterocycles. The van der Waals surface area contributed by atoms with Gasteiger partial charge in [-0.15, -0.1) is 0 Å². The number of fused-ring (bicyclic) bond motifs is 1. The van der Waals surface area contributed by atoms with Crippen LogP contribution >= 0.6 is 0 Å². The molecule has 4 rings (SSSR count). The SMILES string of the molecule is CCc1ccc(C(=O)N2CCn3cccc3C2c2cccc(OC)c2)cc1. The van der Waals surface area contributed by atoms with Gasteiger partial charge in [0.15, 0.2) is 0 Å². The molecule has 0 aliphatic carbocycles. The van der Waals surface area contributed by atoms with E-state index in [1.807, 2.05) is 53.4 Å². The molecule has 4 heteroatoms. The van der Waals surface area contributed by atoms with Crippen molar-refractivity contribution in [2.75, 3.05) is 13.7 Å². The second-order valence-corrected chi connectivity index (χ2v) is 6.85. The number of methoxy groups -OCH3 is 1. The number of carbonyl (C=O) groups is 1. The highest BCUT2D eigenvalue weighted by molar-refractivity contribution is 5.94. The van der Waals surface area contributed by atoms with Crippen molar-refractivity contribution in [3.05, 3.63) is 89.2 Å². The van der Waals surface area contributed by atoms with Gasteiger partial charge in [-0.2, -0.15) is 0 Å². The van der Waals surface area contributed by atoms with Crippen LogP contribution in [0.3, 0.4) is 0 Å². The Morgan fingerprint density at radius 3 is 2.63 bits per heavy atom. The number of hydrogen-bond acceptors (Lipinski definition) is 2. The molecule has 1 aromatic heterocycles. The molecule has 1 atom stereocenters. The fourth-order valence-corrected chi connectivity index (χ4v) is 3.81. The van der Waals surface area contributed by atoms with Gasteiger partial charge < -0.3 is 14.2 Å². The lowest BCUT2D eigenvalue weighted by molar-refractivity contribution is 0.0664. The maximum atomic E-state index is 13.4. The molecule has 0 spiro atoms. The van der Waals surface area contributed by atoms with Crippen LogP contribution in [0.25, 0.3) is 0 Å². The van der Waals surface area contributed by atoms with E-state index in [4.69, 9.17) is 4.74 Å². The molecule has 0 fully saturated rings. The van der Waals surface area contributed by atoms with Crippen LogP contribution in [0.5, 0.6) is 5.75 Å². The predicted octanol–water partition coefficient (Wildman–Crippen LogP) is 4.30. The summed E-state index contributed by atoms with van der Waals surface area (Å²) in [5, 5.41) is 0. The zero-order valence-corrected chi connectivity index (χ0v) is 15.8. The van der Waals surface area contributed by atoms with Crippen molar-refractivity contribution >= 4 is 5.91 Å². The van der Waals surface area contributed by atoms with Crippen LogP contribution in [0.1, 0.15) is 40.1 Å². The van der Waals surface area contributed by atoms with Crippen molar-refractivity contribution in [2.45, 2.75) is 25.9 Å². The van der Waals surface area contributed by atoms with Crippen LogP contribution in [0.15, 0.2) is 66.9 Å². The average Bonchev–Trinajstić information content (AvgIpc) is 3.21. The van der Waals surface area contributed by atoms with E-state index < -0.39 is 0 Å². The van der Waals surface area contributed by atoms with Crippen molar-refractivity contribution in [3.63, 3.8) is 0 Å². The lowest BCUT2D eigenvalue weighted by Crippen LogP contribution is -2.42. The largest absolute Gasteiger partial charge is 0.497 e. The normalized spacial score (nSPS) is 16.1. The number of hydrogen-bond donors (Lipinski definition) is 0. The topological polar surface area (TPSA) is 34.5 Å². The third kappa shape index (κ3) is 3.23. The number of rotatable bonds is 4. The third-order valence-electron chi connectivity index (χ3n) is 5.32. The molecule has 27 heavy (non-hydrogen) atoms. The van der Waals surface area contributed by atoms with Gasteiger partial charge in [0.1, 0.15) is 5.75 Å². The van der Waals surface area contributed by atoms with Crippen molar-refractivity contribution in [1.82, 2.24) is 9.47 Å². The van der Waals surface area contributed by atoms with E-state index in [1.54, 1.807) is 7.11 Å². The fraction of sp³-hybridized carbons (Fsp3) is 0.261. The predicted molar refractivity (Wildman–Crippen MR) is 106 cm³/mol. The number of ether oxygens (including phenoxy) is 1. The number of benzene rings is 2. The minimum absolute atomic E-state index is 0.0675. The zero-order chi connectivity index (χ0) is 18.8. The number of aryl methyl sites for hydroxylation is 1. The molecule has 1 amide bonds. The van der Waals surface area contributed by atoms with E-state index in [2.05, 4.69) is 29.8 Å². The summed E-state index contributed by atoms with van der Waals surface area (Å²) in [7, 11) is 1.67. The summed E-state index contributed by atoms with van der Waals surface area (Å²) in [5.74, 6) is 0.869. The number of nitrogens with zero attached hydrogens (tertiary/aromatic N) is 2. The van der Waals surface area contributed by atoms with Gasteiger partial charge in [0.2, 0.25) is 0 Å². The van der Waals surface area contributed by atoms with Crippen LogP contribution in [0.2, 0.25) is 0 Å². The molecule has 1 aliphatic heterocycles. The van der Waals surface area contributed by atoms with Crippen LogP contribution in [-0.4, -0.2) is 29.0 Å². The minimum atomic E-state index is -0.123. The summed E-state index contributed by atoms with van der Waals surface area (Å²) in [4.78, 5) is 15.3. The van der Waals surface area contributed by atoms with Crippen molar-refractivity contribution in [1.29, 1.82) is 0 Å². The standard InChI is InChI=1S/C23H24N2O2/c1-3-17-9-11-18(12-10-17)23(26)25-15-14-24-13-5-8-21(24)22(25)19-6-4-7-20(16-19)27-2/h4-13,16,22H,3,14-15H2,1-2H3. The van der Waals surface area contributed by atoms with E-state index >= 15 is 0 Å². The lowest BCUT2D eigenvalue weighted by Gasteiger charge is -2.37. The van der Waals surface area contributed by atoms with E-state index in [0.29, 0.717) is 6.54 Å². The molecule has 4 nitrogen and oxygen atoms in total. The molecule has 0 saturated heterocycles. The number of amides is 1. The summed E-state index contributed by atoms with van der Waals surface area (Å²) in [5.41, 5.74) is 4.17. The molecule has 3 aromatic rings. The first-order valence-corrected chi connectivity index (χ1v) is 9.40. The fourth-order valence-electron chi connectivity index (χ4n) is 3.81. The Bertz CT molecular complexity index is 943. The van der Waals surface area contributed by atoms with Gasteiger partial charge in [-0.3, -0.25) is 4.79 Å². The second-order valence-electron chi connectivity index (χ2n) is 6.85. The Hall–Kier alpha value is -3.01. The highest BCUT2D eigenvalue weighted by Crippen LogP contribution is 2.34. The highest BCUT2D eigenvalue weighted by Gasteiger charge is 2.32. The first-order chi connectivity index (χ1) is 13.2. The molecule has 1 aliphatic rings. The molecular weight excluding hydrogens is 336 g/mol. The molecule has 2 aromatic carbocycles. The van der Waals surface area contributed by atoms with Crippen LogP contribution < -0.4 is 4.74 Å². The number of aromatic nitrogens is 1. The Kier molecular flexibility index (Phi) is 4.71. The van der Waals surface area contributed by atoms with Gasteiger partial charge in [-0.1, -0.05) is 31.2 Å². The molecule has 0 N–H and O–H groups in total. The molecule has 1 unspecified atom stereocenters. The Balaban J connectivity index is 1.74. The Labute approximate surface area is 160 Å². The van der Waals surface area contributed by atoms with Gasteiger partial charge in [0.25, 0.3) is 5.91 Å². The Morgan fingerprint density at radius 1 is 1.07 bits per heavy atom. The summed E-state index contributed by atoms with van der Waals surface area (Å²) in [6, 6.07) is 20.0. The first kappa shape index (κ1) is 17.4. The van der Waals surface area contributed by atoms with E-state index in [1.165, 1.54) is 5.56 Å². The number of carbonyl (C=O) groups excluding carboxylic acids is 1. The molecule has 0 bridgehead atoms. The third-order valence-corrected chi connectivity index (χ3v) is 5.32. The zero-order valence-electron chi connectivity index (χ0n) is 15.8. The van der Waals surface area contributed by atoms with Gasteiger partial charge in [0.05, 0.1) is 13.2 Å². The summed E-state index contributed by atoms with van der Waals surface area (Å²) in [6.45, 7) is 3.61. The highest BCUT2D eigenvalue weighted by atomic mass is 16.5. The van der Waals surface area contributed by atoms with Crippen molar-refractivity contribution in [2.24, 2.45) is 0 Å². The maximum Gasteiger partial charge on any atom is 0.254 e. The van der Waals surface area contributed by atoms with Gasteiger partial charge >= 0.3 is 0 Å². The Morgan fingerprint density at radius 2 is 1.89 bits per heavy atom. The van der Waals surface area contributed by atoms with E-state index in [0.717, 1.165) is 35.5 Å². The molecule has 138 valence electrons. The van der Waals surface area contributed by atoms with Gasteiger partial charge in [-0.05, 0) is 53.9 Å². The van der Waals surface area contributed by atoms with Crippen LogP contribution in [0, 0.1) is 0 Å². The smallest absolute Gasteiger partial charge is 0.254 e. The van der Waals surface area contributed by atoms with Crippen LogP contribution in [-0.2, 0) is 13.0 Å². The van der Waals surface area contributed by atoms with Gasteiger partial charge in [0, 0.05) is 30.5 Å². The van der Waals surface area contributed by atoms with E-state index in [-0.39, 0.29) is 11.9 Å². The molecule has 0 radical (unpaired) electrons. The van der Waals surface area contributed by atoms with Crippen LogP contribution in [0.4, 0.5) is 0 Å². The van der Waals surface area contributed by atoms with Crippen molar-refractivity contribution in [3.8, 4) is 5.75 Å². The van der Waals surface area contributed by atoms with E-state index in [9.17, 15) is 4.79 Å². The summed E-state index contributed by atoms with van der Waals surface area (Å²) < 4.78 is 7.64. The monoisotopic (exact) mass is 360 g/mol. The lowest BCUT2D eigenvalue weighted by atomic mass is 9.98. The molecular formula is C23H24N2O2.